The van der Waals surface area contributed by atoms with Gasteiger partial charge in [0.15, 0.2) is 0 Å². The molecule has 3 heteroatoms. The third kappa shape index (κ3) is 5.02. The van der Waals surface area contributed by atoms with Crippen LogP contribution in [0.2, 0.25) is 0 Å². The van der Waals surface area contributed by atoms with Crippen LogP contribution in [0.15, 0.2) is 18.5 Å². The molecule has 14 heavy (non-hydrogen) atoms. The highest BCUT2D eigenvalue weighted by molar-refractivity contribution is 4.77. The van der Waals surface area contributed by atoms with Crippen molar-refractivity contribution in [2.45, 2.75) is 39.2 Å². The van der Waals surface area contributed by atoms with Gasteiger partial charge in [0.25, 0.3) is 0 Å². The second kappa shape index (κ2) is 7.56. The number of rotatable bonds is 8. The molecular weight excluding hydrogens is 174 g/mol. The maximum Gasteiger partial charge on any atom is 0.0489 e. The number of unbranched alkanes of at least 4 members (excludes halogenated alkanes) is 3. The monoisotopic (exact) mass is 195 g/mol. The Kier molecular flexibility index (Phi) is 6.07. The van der Waals surface area contributed by atoms with Crippen molar-refractivity contribution in [3.8, 4) is 0 Å². The molecule has 0 aromatic carbocycles. The van der Waals surface area contributed by atoms with E-state index in [0.29, 0.717) is 0 Å². The summed E-state index contributed by atoms with van der Waals surface area (Å²) in [5.41, 5.74) is 0. The first kappa shape index (κ1) is 11.2. The lowest BCUT2D eigenvalue weighted by molar-refractivity contribution is 0.527. The van der Waals surface area contributed by atoms with E-state index in [2.05, 4.69) is 17.3 Å². The van der Waals surface area contributed by atoms with Crippen molar-refractivity contribution in [2.75, 3.05) is 13.1 Å². The Balaban J connectivity index is 1.85. The van der Waals surface area contributed by atoms with Crippen LogP contribution in [0.5, 0.6) is 0 Å². The zero-order valence-corrected chi connectivity index (χ0v) is 9.08. The molecule has 0 aliphatic rings. The lowest BCUT2D eigenvalue weighted by atomic mass is 10.2. The highest BCUT2D eigenvalue weighted by Gasteiger charge is 1.91. The molecule has 0 saturated heterocycles. The fraction of sp³-hybridized carbons (Fsp3) is 0.727. The van der Waals surface area contributed by atoms with Crippen LogP contribution in [0.25, 0.3) is 0 Å². The zero-order valence-electron chi connectivity index (χ0n) is 9.08. The van der Waals surface area contributed by atoms with Gasteiger partial charge in [0.05, 0.1) is 0 Å². The summed E-state index contributed by atoms with van der Waals surface area (Å²) in [5, 5.41) is 7.50. The number of hydrogen-bond acceptors (Lipinski definition) is 2. The zero-order chi connectivity index (χ0) is 10.1. The van der Waals surface area contributed by atoms with E-state index in [0.717, 1.165) is 19.6 Å². The molecule has 0 saturated carbocycles. The summed E-state index contributed by atoms with van der Waals surface area (Å²) in [6.45, 7) is 5.47. The highest BCUT2D eigenvalue weighted by Crippen LogP contribution is 2.00. The van der Waals surface area contributed by atoms with Gasteiger partial charge < -0.3 is 5.32 Å². The summed E-state index contributed by atoms with van der Waals surface area (Å²) < 4.78 is 2.00. The fourth-order valence-electron chi connectivity index (χ4n) is 1.49. The van der Waals surface area contributed by atoms with Gasteiger partial charge in [-0.3, -0.25) is 4.68 Å². The Hall–Kier alpha value is -0.830. The van der Waals surface area contributed by atoms with E-state index in [1.165, 1.54) is 25.7 Å². The Morgan fingerprint density at radius 3 is 2.79 bits per heavy atom. The molecule has 3 nitrogen and oxygen atoms in total. The summed E-state index contributed by atoms with van der Waals surface area (Å²) in [6, 6.07) is 1.98. The molecule has 0 unspecified atom stereocenters. The van der Waals surface area contributed by atoms with E-state index >= 15 is 0 Å². The van der Waals surface area contributed by atoms with Crippen molar-refractivity contribution in [3.63, 3.8) is 0 Å². The summed E-state index contributed by atoms with van der Waals surface area (Å²) >= 11 is 0. The van der Waals surface area contributed by atoms with Crippen LogP contribution in [-0.4, -0.2) is 22.9 Å². The quantitative estimate of drug-likeness (QED) is 0.643. The first-order chi connectivity index (χ1) is 6.93. The number of aromatic nitrogens is 2. The molecule has 1 heterocycles. The fourth-order valence-corrected chi connectivity index (χ4v) is 1.49. The van der Waals surface area contributed by atoms with Gasteiger partial charge in [0, 0.05) is 18.9 Å². The molecule has 0 aliphatic carbocycles. The average Bonchev–Trinajstić information content (AvgIpc) is 2.69. The van der Waals surface area contributed by atoms with Gasteiger partial charge in [-0.05, 0) is 32.0 Å². The summed E-state index contributed by atoms with van der Waals surface area (Å²) in [6.07, 6.45) is 9.05. The highest BCUT2D eigenvalue weighted by atomic mass is 15.3. The molecule has 1 rings (SSSR count). The van der Waals surface area contributed by atoms with E-state index in [4.69, 9.17) is 0 Å². The van der Waals surface area contributed by atoms with Gasteiger partial charge in [-0.25, -0.2) is 0 Å². The minimum Gasteiger partial charge on any atom is -0.317 e. The lowest BCUT2D eigenvalue weighted by Crippen LogP contribution is -2.13. The maximum atomic E-state index is 4.17. The van der Waals surface area contributed by atoms with Crippen LogP contribution in [-0.2, 0) is 6.54 Å². The van der Waals surface area contributed by atoms with Crippen molar-refractivity contribution in [1.29, 1.82) is 0 Å². The first-order valence-corrected chi connectivity index (χ1v) is 5.61. The van der Waals surface area contributed by atoms with Crippen molar-refractivity contribution in [2.24, 2.45) is 0 Å². The van der Waals surface area contributed by atoms with Gasteiger partial charge in [-0.15, -0.1) is 0 Å². The van der Waals surface area contributed by atoms with E-state index in [-0.39, 0.29) is 0 Å². The molecule has 1 aromatic rings. The number of nitrogens with one attached hydrogen (secondary N) is 1. The van der Waals surface area contributed by atoms with Gasteiger partial charge >= 0.3 is 0 Å². The second-order valence-corrected chi connectivity index (χ2v) is 3.54. The number of nitrogens with zero attached hydrogens (tertiary/aromatic N) is 2. The Morgan fingerprint density at radius 1 is 1.21 bits per heavy atom. The second-order valence-electron chi connectivity index (χ2n) is 3.54. The maximum absolute atomic E-state index is 4.17. The predicted octanol–water partition coefficient (Wildman–Crippen LogP) is 2.05. The average molecular weight is 195 g/mol. The standard InChI is InChI=1S/C11H21N3/c1-2-12-8-5-3-4-6-10-14-11-7-9-13-14/h7,9,11-12H,2-6,8,10H2,1H3. The summed E-state index contributed by atoms with van der Waals surface area (Å²) in [4.78, 5) is 0. The largest absolute Gasteiger partial charge is 0.317 e. The number of aryl methyl sites for hydroxylation is 1. The minimum absolute atomic E-state index is 1.06. The SMILES string of the molecule is CCNCCCCCCn1cccn1. The molecule has 1 aromatic heterocycles. The summed E-state index contributed by atoms with van der Waals surface area (Å²) in [7, 11) is 0. The van der Waals surface area contributed by atoms with E-state index in [9.17, 15) is 0 Å². The van der Waals surface area contributed by atoms with Gasteiger partial charge in [0.1, 0.15) is 0 Å². The van der Waals surface area contributed by atoms with Gasteiger partial charge in [-0.2, -0.15) is 5.10 Å². The van der Waals surface area contributed by atoms with Crippen LogP contribution >= 0.6 is 0 Å². The number of hydrogen-bond donors (Lipinski definition) is 1. The molecule has 80 valence electrons. The third-order valence-corrected chi connectivity index (χ3v) is 2.30. The van der Waals surface area contributed by atoms with Crippen molar-refractivity contribution in [1.82, 2.24) is 15.1 Å². The minimum atomic E-state index is 1.06. The summed E-state index contributed by atoms with van der Waals surface area (Å²) in [5.74, 6) is 0. The smallest absolute Gasteiger partial charge is 0.0489 e. The molecule has 0 spiro atoms. The molecular formula is C11H21N3. The molecule has 0 aliphatic heterocycles. The van der Waals surface area contributed by atoms with Crippen molar-refractivity contribution < 1.29 is 0 Å². The van der Waals surface area contributed by atoms with Gasteiger partial charge in [0.2, 0.25) is 0 Å². The molecule has 1 N–H and O–H groups in total. The third-order valence-electron chi connectivity index (χ3n) is 2.30. The Labute approximate surface area is 86.5 Å². The predicted molar refractivity (Wildman–Crippen MR) is 59.2 cm³/mol. The lowest BCUT2D eigenvalue weighted by Gasteiger charge is -2.02. The normalized spacial score (nSPS) is 10.6. The molecule has 0 fully saturated rings. The van der Waals surface area contributed by atoms with E-state index in [1.807, 2.05) is 23.1 Å². The molecule has 0 bridgehead atoms. The van der Waals surface area contributed by atoms with Crippen LogP contribution in [0, 0.1) is 0 Å². The van der Waals surface area contributed by atoms with Gasteiger partial charge in [-0.1, -0.05) is 19.8 Å². The molecule has 0 radical (unpaired) electrons. The topological polar surface area (TPSA) is 29.9 Å². The van der Waals surface area contributed by atoms with E-state index < -0.39 is 0 Å². The Bertz CT molecular complexity index is 206. The van der Waals surface area contributed by atoms with Crippen molar-refractivity contribution in [3.05, 3.63) is 18.5 Å². The van der Waals surface area contributed by atoms with Crippen LogP contribution in [0.3, 0.4) is 0 Å². The van der Waals surface area contributed by atoms with Crippen molar-refractivity contribution >= 4 is 0 Å². The molecule has 0 amide bonds. The van der Waals surface area contributed by atoms with E-state index in [1.54, 1.807) is 0 Å². The molecule has 0 atom stereocenters. The van der Waals surface area contributed by atoms with Crippen LogP contribution in [0.1, 0.15) is 32.6 Å². The van der Waals surface area contributed by atoms with Crippen LogP contribution in [0.4, 0.5) is 0 Å². The first-order valence-electron chi connectivity index (χ1n) is 5.61. The van der Waals surface area contributed by atoms with Crippen LogP contribution < -0.4 is 5.32 Å². The Morgan fingerprint density at radius 2 is 2.07 bits per heavy atom.